The van der Waals surface area contributed by atoms with Crippen LogP contribution in [0.1, 0.15) is 15.9 Å². The number of nitrogens with one attached hydrogen (secondary N) is 3. The molecule has 168 valence electrons. The largest absolute Gasteiger partial charge is 0.497 e. The number of carbonyl (C=O) groups excluding carboxylic acids is 2. The maximum atomic E-state index is 12.4. The highest BCUT2D eigenvalue weighted by Crippen LogP contribution is 2.18. The van der Waals surface area contributed by atoms with Crippen LogP contribution in [0.4, 0.5) is 5.69 Å². The fourth-order valence-electron chi connectivity index (χ4n) is 3.50. The van der Waals surface area contributed by atoms with Gasteiger partial charge in [-0.1, -0.05) is 24.3 Å². The third-order valence-corrected chi connectivity index (χ3v) is 5.19. The molecule has 7 nitrogen and oxygen atoms in total. The first kappa shape index (κ1) is 22.0. The zero-order valence-electron chi connectivity index (χ0n) is 18.3. The SMILES string of the molecule is COc1cccc(NC(=O)COc2ccc(C(=O)NCCc3c[nH]c4ccccc34)cc2)c1. The Morgan fingerprint density at radius 2 is 1.76 bits per heavy atom. The maximum absolute atomic E-state index is 12.4. The van der Waals surface area contributed by atoms with Crippen molar-refractivity contribution in [2.24, 2.45) is 0 Å². The van der Waals surface area contributed by atoms with Gasteiger partial charge in [0.15, 0.2) is 6.61 Å². The number of anilines is 1. The molecule has 0 aliphatic rings. The van der Waals surface area contributed by atoms with E-state index in [0.29, 0.717) is 29.3 Å². The number of hydrogen-bond acceptors (Lipinski definition) is 4. The predicted octanol–water partition coefficient (Wildman–Crippen LogP) is 4.17. The molecule has 0 saturated heterocycles. The van der Waals surface area contributed by atoms with E-state index in [4.69, 9.17) is 9.47 Å². The molecule has 2 amide bonds. The molecular weight excluding hydrogens is 418 g/mol. The van der Waals surface area contributed by atoms with Crippen molar-refractivity contribution in [3.63, 3.8) is 0 Å². The summed E-state index contributed by atoms with van der Waals surface area (Å²) in [5, 5.41) is 6.86. The van der Waals surface area contributed by atoms with Gasteiger partial charge in [0.05, 0.1) is 7.11 Å². The van der Waals surface area contributed by atoms with Gasteiger partial charge < -0.3 is 25.1 Å². The van der Waals surface area contributed by atoms with Gasteiger partial charge in [0, 0.05) is 41.0 Å². The quantitative estimate of drug-likeness (QED) is 0.362. The molecule has 0 saturated carbocycles. The number of aromatic amines is 1. The summed E-state index contributed by atoms with van der Waals surface area (Å²) >= 11 is 0. The molecule has 7 heteroatoms. The average molecular weight is 444 g/mol. The van der Waals surface area contributed by atoms with E-state index in [0.717, 1.165) is 11.9 Å². The minimum atomic E-state index is -0.289. The average Bonchev–Trinajstić information content (AvgIpc) is 3.26. The first-order valence-corrected chi connectivity index (χ1v) is 10.6. The summed E-state index contributed by atoms with van der Waals surface area (Å²) in [6.45, 7) is 0.386. The third kappa shape index (κ3) is 5.71. The van der Waals surface area contributed by atoms with Crippen molar-refractivity contribution in [3.8, 4) is 11.5 Å². The number of hydrogen-bond donors (Lipinski definition) is 3. The summed E-state index contributed by atoms with van der Waals surface area (Å²) in [4.78, 5) is 27.8. The van der Waals surface area contributed by atoms with Crippen LogP contribution in [-0.4, -0.2) is 37.1 Å². The number of ether oxygens (including phenoxy) is 2. The van der Waals surface area contributed by atoms with E-state index in [1.807, 2.05) is 24.4 Å². The lowest BCUT2D eigenvalue weighted by Gasteiger charge is -2.09. The fourth-order valence-corrected chi connectivity index (χ4v) is 3.50. The lowest BCUT2D eigenvalue weighted by Crippen LogP contribution is -2.25. The fraction of sp³-hybridized carbons (Fsp3) is 0.154. The van der Waals surface area contributed by atoms with E-state index in [-0.39, 0.29) is 18.4 Å². The van der Waals surface area contributed by atoms with Crippen molar-refractivity contribution in [1.29, 1.82) is 0 Å². The number of methoxy groups -OCH3 is 1. The van der Waals surface area contributed by atoms with Crippen molar-refractivity contribution >= 4 is 28.4 Å². The summed E-state index contributed by atoms with van der Waals surface area (Å²) in [5.74, 6) is 0.717. The highest BCUT2D eigenvalue weighted by atomic mass is 16.5. The molecule has 3 aromatic carbocycles. The van der Waals surface area contributed by atoms with Gasteiger partial charge in [-0.2, -0.15) is 0 Å². The van der Waals surface area contributed by atoms with Crippen LogP contribution in [0.5, 0.6) is 11.5 Å². The smallest absolute Gasteiger partial charge is 0.262 e. The Bertz CT molecular complexity index is 1250. The summed E-state index contributed by atoms with van der Waals surface area (Å²) in [6.07, 6.45) is 2.72. The minimum Gasteiger partial charge on any atom is -0.497 e. The zero-order valence-corrected chi connectivity index (χ0v) is 18.3. The molecular formula is C26H25N3O4. The Morgan fingerprint density at radius 3 is 2.58 bits per heavy atom. The number of aromatic nitrogens is 1. The van der Waals surface area contributed by atoms with Crippen molar-refractivity contribution in [2.45, 2.75) is 6.42 Å². The Labute approximate surface area is 191 Å². The first-order valence-electron chi connectivity index (χ1n) is 10.6. The molecule has 0 atom stereocenters. The minimum absolute atomic E-state index is 0.145. The Morgan fingerprint density at radius 1 is 0.939 bits per heavy atom. The monoisotopic (exact) mass is 443 g/mol. The van der Waals surface area contributed by atoms with Gasteiger partial charge in [-0.25, -0.2) is 0 Å². The van der Waals surface area contributed by atoms with Crippen LogP contribution >= 0.6 is 0 Å². The van der Waals surface area contributed by atoms with Gasteiger partial charge in [-0.05, 0) is 54.4 Å². The molecule has 0 aliphatic carbocycles. The number of carbonyl (C=O) groups is 2. The standard InChI is InChI=1S/C26H25N3O4/c1-32-22-6-4-5-20(15-22)29-25(30)17-33-21-11-9-18(10-12-21)26(31)27-14-13-19-16-28-24-8-3-2-7-23(19)24/h2-12,15-16,28H,13-14,17H2,1H3,(H,27,31)(H,29,30). The van der Waals surface area contributed by atoms with Gasteiger partial charge >= 0.3 is 0 Å². The third-order valence-electron chi connectivity index (χ3n) is 5.19. The Kier molecular flexibility index (Phi) is 6.90. The lowest BCUT2D eigenvalue weighted by molar-refractivity contribution is -0.118. The second kappa shape index (κ2) is 10.4. The molecule has 0 radical (unpaired) electrons. The molecule has 1 heterocycles. The number of para-hydroxylation sites is 1. The highest BCUT2D eigenvalue weighted by Gasteiger charge is 2.09. The molecule has 0 unspecified atom stereocenters. The molecule has 0 bridgehead atoms. The number of rotatable bonds is 9. The van der Waals surface area contributed by atoms with Gasteiger partial charge in [0.1, 0.15) is 11.5 Å². The molecule has 3 N–H and O–H groups in total. The zero-order chi connectivity index (χ0) is 23.0. The van der Waals surface area contributed by atoms with Crippen LogP contribution in [0.2, 0.25) is 0 Å². The molecule has 33 heavy (non-hydrogen) atoms. The van der Waals surface area contributed by atoms with Gasteiger partial charge in [0.2, 0.25) is 0 Å². The summed E-state index contributed by atoms with van der Waals surface area (Å²) < 4.78 is 10.7. The van der Waals surface area contributed by atoms with Crippen molar-refractivity contribution < 1.29 is 19.1 Å². The van der Waals surface area contributed by atoms with Crippen molar-refractivity contribution in [1.82, 2.24) is 10.3 Å². The van der Waals surface area contributed by atoms with Crippen molar-refractivity contribution in [2.75, 3.05) is 25.6 Å². The van der Waals surface area contributed by atoms with Crippen LogP contribution in [0.3, 0.4) is 0 Å². The van der Waals surface area contributed by atoms with E-state index in [1.165, 1.54) is 10.9 Å². The molecule has 0 aliphatic heterocycles. The number of benzene rings is 3. The summed E-state index contributed by atoms with van der Waals surface area (Å²) in [5.41, 5.74) is 3.41. The van der Waals surface area contributed by atoms with Gasteiger partial charge in [-0.15, -0.1) is 0 Å². The van der Waals surface area contributed by atoms with E-state index in [2.05, 4.69) is 21.7 Å². The molecule has 0 spiro atoms. The van der Waals surface area contributed by atoms with Crippen LogP contribution in [0.15, 0.2) is 79.0 Å². The van der Waals surface area contributed by atoms with Crippen LogP contribution < -0.4 is 20.1 Å². The Hall–Kier alpha value is -4.26. The second-order valence-corrected chi connectivity index (χ2v) is 7.46. The van der Waals surface area contributed by atoms with E-state index in [9.17, 15) is 9.59 Å². The number of fused-ring (bicyclic) bond motifs is 1. The number of H-pyrrole nitrogens is 1. The molecule has 4 aromatic rings. The lowest BCUT2D eigenvalue weighted by atomic mass is 10.1. The topological polar surface area (TPSA) is 92.4 Å². The van der Waals surface area contributed by atoms with E-state index >= 15 is 0 Å². The summed E-state index contributed by atoms with van der Waals surface area (Å²) in [6, 6.07) is 21.9. The van der Waals surface area contributed by atoms with Gasteiger partial charge in [0.25, 0.3) is 11.8 Å². The maximum Gasteiger partial charge on any atom is 0.262 e. The first-order chi connectivity index (χ1) is 16.1. The molecule has 4 rings (SSSR count). The number of amides is 2. The predicted molar refractivity (Wildman–Crippen MR) is 128 cm³/mol. The molecule has 0 fully saturated rings. The normalized spacial score (nSPS) is 10.6. The van der Waals surface area contributed by atoms with Gasteiger partial charge in [-0.3, -0.25) is 9.59 Å². The summed E-state index contributed by atoms with van der Waals surface area (Å²) in [7, 11) is 1.57. The second-order valence-electron chi connectivity index (χ2n) is 7.46. The van der Waals surface area contributed by atoms with E-state index < -0.39 is 0 Å². The van der Waals surface area contributed by atoms with Crippen LogP contribution in [-0.2, 0) is 11.2 Å². The van der Waals surface area contributed by atoms with E-state index in [1.54, 1.807) is 55.6 Å². The molecule has 1 aromatic heterocycles. The Balaban J connectivity index is 1.23. The van der Waals surface area contributed by atoms with Crippen LogP contribution in [0.25, 0.3) is 10.9 Å². The highest BCUT2D eigenvalue weighted by molar-refractivity contribution is 5.94. The van der Waals surface area contributed by atoms with Crippen LogP contribution in [0, 0.1) is 0 Å². The van der Waals surface area contributed by atoms with Crippen molar-refractivity contribution in [3.05, 3.63) is 90.1 Å².